The summed E-state index contributed by atoms with van der Waals surface area (Å²) in [6.07, 6.45) is 0.338. The lowest BCUT2D eigenvalue weighted by molar-refractivity contribution is -0.129. The van der Waals surface area contributed by atoms with Gasteiger partial charge in [0.25, 0.3) is 0 Å². The number of hydrogen-bond acceptors (Lipinski definition) is 3. The van der Waals surface area contributed by atoms with Gasteiger partial charge in [-0.3, -0.25) is 9.48 Å². The summed E-state index contributed by atoms with van der Waals surface area (Å²) in [6.45, 7) is 4.35. The van der Waals surface area contributed by atoms with Crippen LogP contribution < -0.4 is 4.74 Å². The molecular weight excluding hydrogens is 314 g/mol. The maximum absolute atomic E-state index is 12.5. The van der Waals surface area contributed by atoms with E-state index in [4.69, 9.17) is 16.3 Å². The zero-order chi connectivity index (χ0) is 17.1. The van der Waals surface area contributed by atoms with Gasteiger partial charge < -0.3 is 9.64 Å². The molecule has 1 aromatic heterocycles. The first-order valence-electron chi connectivity index (χ1n) is 7.39. The van der Waals surface area contributed by atoms with E-state index in [-0.39, 0.29) is 5.91 Å². The Balaban J connectivity index is 2.13. The van der Waals surface area contributed by atoms with E-state index in [1.54, 1.807) is 29.8 Å². The summed E-state index contributed by atoms with van der Waals surface area (Å²) >= 11 is 6.04. The highest BCUT2D eigenvalue weighted by atomic mass is 35.5. The fourth-order valence-corrected chi connectivity index (χ4v) is 2.77. The zero-order valence-electron chi connectivity index (χ0n) is 14.2. The van der Waals surface area contributed by atoms with Crippen molar-refractivity contribution >= 4 is 17.5 Å². The number of ether oxygens (including phenoxy) is 1. The van der Waals surface area contributed by atoms with Gasteiger partial charge in [-0.1, -0.05) is 11.6 Å². The number of likely N-dealkylation sites (N-methyl/N-ethyl adjacent to an activating group) is 1. The van der Waals surface area contributed by atoms with Crippen molar-refractivity contribution in [1.29, 1.82) is 0 Å². The van der Waals surface area contributed by atoms with Crippen LogP contribution in [0.3, 0.4) is 0 Å². The highest BCUT2D eigenvalue weighted by molar-refractivity contribution is 6.30. The predicted molar refractivity (Wildman–Crippen MR) is 90.9 cm³/mol. The van der Waals surface area contributed by atoms with Crippen molar-refractivity contribution in [2.24, 2.45) is 7.05 Å². The largest absolute Gasteiger partial charge is 0.496 e. The molecule has 1 heterocycles. The second-order valence-corrected chi connectivity index (χ2v) is 6.09. The number of halogens is 1. The van der Waals surface area contributed by atoms with Crippen molar-refractivity contribution in [1.82, 2.24) is 14.7 Å². The second-order valence-electron chi connectivity index (χ2n) is 5.66. The average molecular weight is 336 g/mol. The molecule has 0 N–H and O–H groups in total. The van der Waals surface area contributed by atoms with E-state index in [1.807, 2.05) is 33.0 Å². The van der Waals surface area contributed by atoms with Crippen LogP contribution in [0.5, 0.6) is 5.75 Å². The number of amides is 1. The Kier molecular flexibility index (Phi) is 5.31. The van der Waals surface area contributed by atoms with Gasteiger partial charge in [-0.15, -0.1) is 0 Å². The lowest BCUT2D eigenvalue weighted by atomic mass is 10.1. The molecule has 23 heavy (non-hydrogen) atoms. The third-order valence-electron chi connectivity index (χ3n) is 4.06. The molecule has 0 saturated carbocycles. The van der Waals surface area contributed by atoms with E-state index in [1.165, 1.54) is 0 Å². The molecule has 2 rings (SSSR count). The fraction of sp³-hybridized carbons (Fsp3) is 0.412. The molecule has 5 nitrogen and oxygen atoms in total. The van der Waals surface area contributed by atoms with Gasteiger partial charge in [0.05, 0.1) is 19.2 Å². The van der Waals surface area contributed by atoms with Gasteiger partial charge in [0.2, 0.25) is 5.91 Å². The summed E-state index contributed by atoms with van der Waals surface area (Å²) in [6, 6.07) is 5.41. The number of aromatic nitrogens is 2. The molecule has 6 heteroatoms. The average Bonchev–Trinajstić information content (AvgIpc) is 2.73. The standard InChI is InChI=1S/C17H22ClN3O2/c1-11-15(12(2)21(4)19-11)9-17(22)20(3)10-13-8-14(18)6-7-16(13)23-5/h6-8H,9-10H2,1-5H3. The molecule has 0 saturated heterocycles. The minimum Gasteiger partial charge on any atom is -0.496 e. The highest BCUT2D eigenvalue weighted by Gasteiger charge is 2.17. The molecule has 0 unspecified atom stereocenters. The van der Waals surface area contributed by atoms with Gasteiger partial charge in [-0.05, 0) is 32.0 Å². The molecule has 2 aromatic rings. The lowest BCUT2D eigenvalue weighted by Crippen LogP contribution is -2.28. The van der Waals surface area contributed by atoms with Gasteiger partial charge in [0, 0.05) is 42.5 Å². The van der Waals surface area contributed by atoms with E-state index < -0.39 is 0 Å². The molecule has 124 valence electrons. The van der Waals surface area contributed by atoms with Gasteiger partial charge in [0.1, 0.15) is 5.75 Å². The summed E-state index contributed by atoms with van der Waals surface area (Å²) in [7, 11) is 5.28. The number of nitrogens with zero attached hydrogens (tertiary/aromatic N) is 3. The summed E-state index contributed by atoms with van der Waals surface area (Å²) in [4.78, 5) is 14.2. The van der Waals surface area contributed by atoms with Crippen molar-refractivity contribution in [2.75, 3.05) is 14.2 Å². The summed E-state index contributed by atoms with van der Waals surface area (Å²) in [5, 5.41) is 4.98. The molecule has 0 aliphatic carbocycles. The van der Waals surface area contributed by atoms with Crippen LogP contribution in [-0.2, 0) is 24.8 Å². The molecule has 0 spiro atoms. The van der Waals surface area contributed by atoms with E-state index in [0.29, 0.717) is 18.0 Å². The van der Waals surface area contributed by atoms with E-state index in [9.17, 15) is 4.79 Å². The van der Waals surface area contributed by atoms with Crippen molar-refractivity contribution in [3.05, 3.63) is 45.7 Å². The molecule has 0 bridgehead atoms. The molecule has 1 amide bonds. The van der Waals surface area contributed by atoms with Crippen LogP contribution in [0.1, 0.15) is 22.5 Å². The van der Waals surface area contributed by atoms with Gasteiger partial charge in [-0.25, -0.2) is 0 Å². The topological polar surface area (TPSA) is 47.4 Å². The molecule has 0 aliphatic heterocycles. The highest BCUT2D eigenvalue weighted by Crippen LogP contribution is 2.24. The quantitative estimate of drug-likeness (QED) is 0.844. The number of carbonyl (C=O) groups excluding carboxylic acids is 1. The van der Waals surface area contributed by atoms with E-state index >= 15 is 0 Å². The maximum Gasteiger partial charge on any atom is 0.227 e. The Hall–Kier alpha value is -2.01. The predicted octanol–water partition coefficient (Wildman–Crippen LogP) is 2.90. The second kappa shape index (κ2) is 7.04. The molecular formula is C17H22ClN3O2. The van der Waals surface area contributed by atoms with Gasteiger partial charge >= 0.3 is 0 Å². The first kappa shape index (κ1) is 17.3. The normalized spacial score (nSPS) is 10.7. The first-order chi connectivity index (χ1) is 10.8. The van der Waals surface area contributed by atoms with Crippen LogP contribution >= 0.6 is 11.6 Å². The fourth-order valence-electron chi connectivity index (χ4n) is 2.57. The van der Waals surface area contributed by atoms with Crippen LogP contribution in [-0.4, -0.2) is 34.7 Å². The smallest absolute Gasteiger partial charge is 0.227 e. The molecule has 0 fully saturated rings. The lowest BCUT2D eigenvalue weighted by Gasteiger charge is -2.19. The van der Waals surface area contributed by atoms with Crippen molar-refractivity contribution in [3.63, 3.8) is 0 Å². The molecule has 0 aliphatic rings. The Morgan fingerprint density at radius 1 is 1.39 bits per heavy atom. The van der Waals surface area contributed by atoms with Crippen LogP contribution in [0.25, 0.3) is 0 Å². The number of benzene rings is 1. The molecule has 1 aromatic carbocycles. The molecule has 0 atom stereocenters. The number of methoxy groups -OCH3 is 1. The third kappa shape index (κ3) is 3.85. The van der Waals surface area contributed by atoms with Crippen LogP contribution in [0.15, 0.2) is 18.2 Å². The van der Waals surface area contributed by atoms with Gasteiger partial charge in [-0.2, -0.15) is 5.10 Å². The summed E-state index contributed by atoms with van der Waals surface area (Å²) in [5.74, 6) is 0.758. The van der Waals surface area contributed by atoms with E-state index in [2.05, 4.69) is 5.10 Å². The summed E-state index contributed by atoms with van der Waals surface area (Å²) < 4.78 is 7.13. The van der Waals surface area contributed by atoms with Crippen LogP contribution in [0.4, 0.5) is 0 Å². The van der Waals surface area contributed by atoms with Gasteiger partial charge in [0.15, 0.2) is 0 Å². The van der Waals surface area contributed by atoms with Crippen molar-refractivity contribution < 1.29 is 9.53 Å². The van der Waals surface area contributed by atoms with Crippen LogP contribution in [0.2, 0.25) is 5.02 Å². The SMILES string of the molecule is COc1ccc(Cl)cc1CN(C)C(=O)Cc1c(C)nn(C)c1C. The number of rotatable bonds is 5. The minimum absolute atomic E-state index is 0.0335. The number of aryl methyl sites for hydroxylation is 2. The van der Waals surface area contributed by atoms with Crippen molar-refractivity contribution in [2.45, 2.75) is 26.8 Å². The van der Waals surface area contributed by atoms with Crippen molar-refractivity contribution in [3.8, 4) is 5.75 Å². The third-order valence-corrected chi connectivity index (χ3v) is 4.30. The first-order valence-corrected chi connectivity index (χ1v) is 7.76. The maximum atomic E-state index is 12.5. The monoisotopic (exact) mass is 335 g/mol. The Morgan fingerprint density at radius 3 is 2.65 bits per heavy atom. The Morgan fingerprint density at radius 2 is 2.09 bits per heavy atom. The number of carbonyl (C=O) groups is 1. The van der Waals surface area contributed by atoms with Crippen LogP contribution in [0, 0.1) is 13.8 Å². The molecule has 0 radical (unpaired) electrons. The Labute approximate surface area is 141 Å². The number of hydrogen-bond donors (Lipinski definition) is 0. The summed E-state index contributed by atoms with van der Waals surface area (Å²) in [5.41, 5.74) is 3.79. The Bertz CT molecular complexity index is 725. The minimum atomic E-state index is 0.0335. The van der Waals surface area contributed by atoms with E-state index in [0.717, 1.165) is 28.3 Å². The zero-order valence-corrected chi connectivity index (χ0v) is 14.9.